The molecule has 0 aliphatic carbocycles. The Labute approximate surface area is 147 Å². The molecule has 1 heterocycles. The highest BCUT2D eigenvalue weighted by Gasteiger charge is 2.14. The fraction of sp³-hybridized carbons (Fsp3) is 0.111. The number of hydrogen-bond donors (Lipinski definition) is 1. The first-order valence-electron chi connectivity index (χ1n) is 7.33. The van der Waals surface area contributed by atoms with Crippen molar-refractivity contribution in [3.8, 4) is 5.75 Å². The van der Waals surface area contributed by atoms with Crippen LogP contribution in [0.25, 0.3) is 0 Å². The molecule has 0 radical (unpaired) electrons. The summed E-state index contributed by atoms with van der Waals surface area (Å²) in [5.41, 5.74) is 1.44. The van der Waals surface area contributed by atoms with E-state index >= 15 is 0 Å². The van der Waals surface area contributed by atoms with E-state index in [1.807, 2.05) is 30.3 Å². The molecule has 1 N–H and O–H groups in total. The van der Waals surface area contributed by atoms with E-state index in [1.54, 1.807) is 31.2 Å². The number of nitrogens with zero attached hydrogens (tertiary/aromatic N) is 1. The molecule has 0 saturated carbocycles. The second kappa shape index (κ2) is 7.31. The summed E-state index contributed by atoms with van der Waals surface area (Å²) in [5, 5.41) is 6.46. The highest BCUT2D eigenvalue weighted by molar-refractivity contribution is 9.10. The van der Waals surface area contributed by atoms with Crippen LogP contribution in [0.4, 0.5) is 5.82 Å². The number of carbonyl (C=O) groups excluding carboxylic acids is 1. The highest BCUT2D eigenvalue weighted by Crippen LogP contribution is 2.21. The van der Waals surface area contributed by atoms with Crippen molar-refractivity contribution in [3.63, 3.8) is 0 Å². The zero-order valence-electron chi connectivity index (χ0n) is 13.0. The van der Waals surface area contributed by atoms with Gasteiger partial charge in [-0.2, -0.15) is 0 Å². The molecule has 1 amide bonds. The first-order valence-corrected chi connectivity index (χ1v) is 8.12. The Balaban J connectivity index is 1.73. The lowest BCUT2D eigenvalue weighted by molar-refractivity contribution is 0.102. The first kappa shape index (κ1) is 16.3. The second-order valence-corrected chi connectivity index (χ2v) is 6.11. The number of carbonyl (C=O) groups is 1. The molecule has 0 aliphatic rings. The molecule has 0 unspecified atom stereocenters. The Morgan fingerprint density at radius 1 is 1.21 bits per heavy atom. The largest absolute Gasteiger partial charge is 0.488 e. The summed E-state index contributed by atoms with van der Waals surface area (Å²) in [6.07, 6.45) is 0. The predicted octanol–water partition coefficient (Wildman–Crippen LogP) is 4.58. The van der Waals surface area contributed by atoms with E-state index in [1.165, 1.54) is 0 Å². The Morgan fingerprint density at radius 3 is 2.79 bits per heavy atom. The highest BCUT2D eigenvalue weighted by atomic mass is 79.9. The maximum absolute atomic E-state index is 12.4. The topological polar surface area (TPSA) is 64.4 Å². The summed E-state index contributed by atoms with van der Waals surface area (Å²) in [6.45, 7) is 2.13. The quantitative estimate of drug-likeness (QED) is 0.696. The fourth-order valence-electron chi connectivity index (χ4n) is 2.18. The van der Waals surface area contributed by atoms with E-state index < -0.39 is 0 Å². The van der Waals surface area contributed by atoms with E-state index in [0.29, 0.717) is 29.5 Å². The summed E-state index contributed by atoms with van der Waals surface area (Å²) in [5.74, 6) is 1.21. The van der Waals surface area contributed by atoms with Crippen LogP contribution in [-0.2, 0) is 6.61 Å². The third-order valence-electron chi connectivity index (χ3n) is 3.28. The zero-order chi connectivity index (χ0) is 16.9. The van der Waals surface area contributed by atoms with E-state index in [4.69, 9.17) is 9.26 Å². The maximum atomic E-state index is 12.4. The van der Waals surface area contributed by atoms with Gasteiger partial charge in [0.25, 0.3) is 5.91 Å². The summed E-state index contributed by atoms with van der Waals surface area (Å²) >= 11 is 3.43. The molecule has 3 aromatic rings. The van der Waals surface area contributed by atoms with Gasteiger partial charge < -0.3 is 14.6 Å². The standard InChI is InChI=1S/C18H15BrN2O3/c1-12-9-17(21-24-12)20-18(22)15-7-2-3-8-16(15)23-11-13-5-4-6-14(19)10-13/h2-10H,11H2,1H3,(H,20,21,22). The van der Waals surface area contributed by atoms with Crippen molar-refractivity contribution in [2.24, 2.45) is 0 Å². The molecule has 0 spiro atoms. The van der Waals surface area contributed by atoms with Crippen LogP contribution in [0.1, 0.15) is 21.7 Å². The molecular formula is C18H15BrN2O3. The average molecular weight is 387 g/mol. The average Bonchev–Trinajstić information content (AvgIpc) is 2.98. The molecule has 122 valence electrons. The molecule has 2 aromatic carbocycles. The molecule has 6 heteroatoms. The number of halogens is 1. The number of anilines is 1. The number of nitrogens with one attached hydrogen (secondary N) is 1. The van der Waals surface area contributed by atoms with Gasteiger partial charge in [0.15, 0.2) is 5.82 Å². The maximum Gasteiger partial charge on any atom is 0.260 e. The van der Waals surface area contributed by atoms with Gasteiger partial charge in [-0.3, -0.25) is 4.79 Å². The molecule has 1 aromatic heterocycles. The molecule has 0 atom stereocenters. The smallest absolute Gasteiger partial charge is 0.260 e. The van der Waals surface area contributed by atoms with Crippen LogP contribution < -0.4 is 10.1 Å². The second-order valence-electron chi connectivity index (χ2n) is 5.19. The van der Waals surface area contributed by atoms with Crippen molar-refractivity contribution in [2.75, 3.05) is 5.32 Å². The Hall–Kier alpha value is -2.60. The summed E-state index contributed by atoms with van der Waals surface area (Å²) in [4.78, 5) is 12.4. The van der Waals surface area contributed by atoms with Gasteiger partial charge in [0.1, 0.15) is 18.1 Å². The minimum atomic E-state index is -0.298. The van der Waals surface area contributed by atoms with Crippen LogP contribution in [0.15, 0.2) is 63.6 Å². The summed E-state index contributed by atoms with van der Waals surface area (Å²) in [6, 6.07) is 16.6. The lowest BCUT2D eigenvalue weighted by Crippen LogP contribution is -2.13. The number of ether oxygens (including phenoxy) is 1. The summed E-state index contributed by atoms with van der Waals surface area (Å²) < 4.78 is 11.7. The molecule has 0 bridgehead atoms. The third-order valence-corrected chi connectivity index (χ3v) is 3.78. The van der Waals surface area contributed by atoms with E-state index in [2.05, 4.69) is 26.4 Å². The minimum Gasteiger partial charge on any atom is -0.488 e. The normalized spacial score (nSPS) is 10.4. The van der Waals surface area contributed by atoms with Crippen LogP contribution in [-0.4, -0.2) is 11.1 Å². The van der Waals surface area contributed by atoms with Crippen LogP contribution >= 0.6 is 15.9 Å². The number of para-hydroxylation sites is 1. The number of rotatable bonds is 5. The van der Waals surface area contributed by atoms with E-state index in [0.717, 1.165) is 10.0 Å². The molecule has 5 nitrogen and oxygen atoms in total. The van der Waals surface area contributed by atoms with Gasteiger partial charge in [-0.15, -0.1) is 0 Å². The van der Waals surface area contributed by atoms with Crippen molar-refractivity contribution in [1.29, 1.82) is 0 Å². The van der Waals surface area contributed by atoms with Gasteiger partial charge in [0, 0.05) is 10.5 Å². The number of amides is 1. The lowest BCUT2D eigenvalue weighted by Gasteiger charge is -2.11. The van der Waals surface area contributed by atoms with Gasteiger partial charge in [-0.05, 0) is 36.8 Å². The zero-order valence-corrected chi connectivity index (χ0v) is 14.5. The molecular weight excluding hydrogens is 372 g/mol. The monoisotopic (exact) mass is 386 g/mol. The van der Waals surface area contributed by atoms with Gasteiger partial charge in [-0.25, -0.2) is 0 Å². The van der Waals surface area contributed by atoms with Crippen molar-refractivity contribution in [2.45, 2.75) is 13.5 Å². The molecule has 24 heavy (non-hydrogen) atoms. The van der Waals surface area contributed by atoms with Crippen LogP contribution in [0, 0.1) is 6.92 Å². The Kier molecular flexibility index (Phi) is 4.96. The van der Waals surface area contributed by atoms with Crippen molar-refractivity contribution in [3.05, 3.63) is 76.0 Å². The van der Waals surface area contributed by atoms with Gasteiger partial charge in [0.2, 0.25) is 0 Å². The molecule has 0 aliphatic heterocycles. The van der Waals surface area contributed by atoms with Crippen molar-refractivity contribution in [1.82, 2.24) is 5.16 Å². The van der Waals surface area contributed by atoms with Crippen molar-refractivity contribution < 1.29 is 14.1 Å². The van der Waals surface area contributed by atoms with Gasteiger partial charge in [0.05, 0.1) is 5.56 Å². The molecule has 3 rings (SSSR count). The predicted molar refractivity (Wildman–Crippen MR) is 94.1 cm³/mol. The number of aryl methyl sites for hydroxylation is 1. The summed E-state index contributed by atoms with van der Waals surface area (Å²) in [7, 11) is 0. The van der Waals surface area contributed by atoms with Crippen LogP contribution in [0.3, 0.4) is 0 Å². The van der Waals surface area contributed by atoms with Gasteiger partial charge >= 0.3 is 0 Å². The number of hydrogen-bond acceptors (Lipinski definition) is 4. The van der Waals surface area contributed by atoms with Crippen molar-refractivity contribution >= 4 is 27.7 Å². The number of benzene rings is 2. The van der Waals surface area contributed by atoms with E-state index in [9.17, 15) is 4.79 Å². The SMILES string of the molecule is Cc1cc(NC(=O)c2ccccc2OCc2cccc(Br)c2)no1. The van der Waals surface area contributed by atoms with Crippen LogP contribution in [0.2, 0.25) is 0 Å². The lowest BCUT2D eigenvalue weighted by atomic mass is 10.2. The number of aromatic nitrogens is 1. The molecule has 0 fully saturated rings. The third kappa shape index (κ3) is 4.02. The van der Waals surface area contributed by atoms with E-state index in [-0.39, 0.29) is 5.91 Å². The minimum absolute atomic E-state index is 0.298. The van der Waals surface area contributed by atoms with Crippen LogP contribution in [0.5, 0.6) is 5.75 Å². The van der Waals surface area contributed by atoms with Gasteiger partial charge in [-0.1, -0.05) is 45.4 Å². The fourth-order valence-corrected chi connectivity index (χ4v) is 2.62. The molecule has 0 saturated heterocycles. The Morgan fingerprint density at radius 2 is 2.04 bits per heavy atom. The Bertz CT molecular complexity index is 861. The first-order chi connectivity index (χ1) is 11.6.